The summed E-state index contributed by atoms with van der Waals surface area (Å²) in [5.41, 5.74) is 2.03. The van der Waals surface area contributed by atoms with Gasteiger partial charge in [-0.25, -0.2) is 4.79 Å². The van der Waals surface area contributed by atoms with Crippen molar-refractivity contribution in [3.05, 3.63) is 65.2 Å². The number of carbonyl (C=O) groups is 1. The third-order valence-electron chi connectivity index (χ3n) is 3.69. The van der Waals surface area contributed by atoms with Crippen LogP contribution in [-0.2, 0) is 10.3 Å². The predicted molar refractivity (Wildman–Crippen MR) is 90.2 cm³/mol. The maximum absolute atomic E-state index is 11.5. The number of aryl methyl sites for hydroxylation is 1. The van der Waals surface area contributed by atoms with E-state index in [9.17, 15) is 9.90 Å². The molecule has 0 bridgehead atoms. The second kappa shape index (κ2) is 6.99. The van der Waals surface area contributed by atoms with Crippen LogP contribution < -0.4 is 5.32 Å². The van der Waals surface area contributed by atoms with Gasteiger partial charge in [-0.2, -0.15) is 0 Å². The number of nitrogens with one attached hydrogen (secondary N) is 1. The van der Waals surface area contributed by atoms with Crippen LogP contribution >= 0.6 is 0 Å². The first kappa shape index (κ1) is 16.6. The first-order valence-electron chi connectivity index (χ1n) is 7.17. The zero-order valence-electron chi connectivity index (χ0n) is 13.2. The molecular weight excluding hydrogens is 290 g/mol. The number of terminal acetylenes is 1. The van der Waals surface area contributed by atoms with Crippen molar-refractivity contribution in [3.63, 3.8) is 0 Å². The van der Waals surface area contributed by atoms with E-state index in [2.05, 4.69) is 16.0 Å². The first-order chi connectivity index (χ1) is 11.0. The molecule has 2 aromatic rings. The van der Waals surface area contributed by atoms with Gasteiger partial charge >= 0.3 is 5.97 Å². The number of rotatable bonds is 5. The van der Waals surface area contributed by atoms with Gasteiger partial charge in [-0.15, -0.1) is 6.42 Å². The molecular formula is C19H19NO3. The van der Waals surface area contributed by atoms with E-state index in [4.69, 9.17) is 6.42 Å². The average Bonchev–Trinajstić information content (AvgIpc) is 2.60. The maximum Gasteiger partial charge on any atom is 0.337 e. The van der Waals surface area contributed by atoms with Crippen molar-refractivity contribution < 1.29 is 14.6 Å². The number of esters is 1. The van der Waals surface area contributed by atoms with E-state index in [-0.39, 0.29) is 6.61 Å². The van der Waals surface area contributed by atoms with Crippen LogP contribution in [0, 0.1) is 19.3 Å². The van der Waals surface area contributed by atoms with Crippen molar-refractivity contribution in [1.82, 2.24) is 0 Å². The van der Waals surface area contributed by atoms with Crippen LogP contribution in [0.3, 0.4) is 0 Å². The Morgan fingerprint density at radius 1 is 1.22 bits per heavy atom. The molecule has 0 aromatic heterocycles. The van der Waals surface area contributed by atoms with Crippen LogP contribution in [-0.4, -0.2) is 24.8 Å². The normalized spacial score (nSPS) is 12.8. The number of ether oxygens (including phenoxy) is 1. The van der Waals surface area contributed by atoms with Crippen molar-refractivity contribution in [2.75, 3.05) is 19.0 Å². The van der Waals surface area contributed by atoms with Crippen LogP contribution in [0.5, 0.6) is 0 Å². The Morgan fingerprint density at radius 2 is 1.83 bits per heavy atom. The fourth-order valence-electron chi connectivity index (χ4n) is 2.26. The van der Waals surface area contributed by atoms with Gasteiger partial charge in [0.25, 0.3) is 0 Å². The molecule has 0 heterocycles. The van der Waals surface area contributed by atoms with Crippen LogP contribution in [0.2, 0.25) is 0 Å². The molecule has 0 spiro atoms. The summed E-state index contributed by atoms with van der Waals surface area (Å²) in [5, 5.41) is 13.0. The molecule has 2 aromatic carbocycles. The zero-order valence-corrected chi connectivity index (χ0v) is 13.2. The maximum atomic E-state index is 11.5. The van der Waals surface area contributed by atoms with Crippen LogP contribution in [0.1, 0.15) is 21.5 Å². The second-order valence-electron chi connectivity index (χ2n) is 5.27. The number of methoxy groups -OCH3 is 1. The van der Waals surface area contributed by atoms with E-state index in [1.807, 2.05) is 31.2 Å². The quantitative estimate of drug-likeness (QED) is 0.658. The topological polar surface area (TPSA) is 58.6 Å². The number of aliphatic hydroxyl groups is 1. The van der Waals surface area contributed by atoms with Gasteiger partial charge in [0.15, 0.2) is 0 Å². The molecule has 0 aliphatic heterocycles. The van der Waals surface area contributed by atoms with E-state index >= 15 is 0 Å². The van der Waals surface area contributed by atoms with Gasteiger partial charge in [0.2, 0.25) is 0 Å². The minimum absolute atomic E-state index is 0.259. The van der Waals surface area contributed by atoms with E-state index in [1.54, 1.807) is 24.3 Å². The van der Waals surface area contributed by atoms with E-state index in [0.29, 0.717) is 11.3 Å². The number of hydrogen-bond donors (Lipinski definition) is 2. The Morgan fingerprint density at radius 3 is 2.30 bits per heavy atom. The minimum Gasteiger partial charge on any atom is -0.465 e. The van der Waals surface area contributed by atoms with E-state index in [1.165, 1.54) is 7.11 Å². The number of hydrogen-bond acceptors (Lipinski definition) is 4. The standard InChI is InChI=1S/C19H19NO3/c1-4-19(13-21,16-9-5-14(2)6-10-16)20-17-11-7-15(8-12-17)18(22)23-3/h1,5-12,20-21H,13H2,2-3H3/t19-/m0/s1. The van der Waals surface area contributed by atoms with Crippen molar-refractivity contribution in [2.45, 2.75) is 12.5 Å². The highest BCUT2D eigenvalue weighted by atomic mass is 16.5. The lowest BCUT2D eigenvalue weighted by Crippen LogP contribution is -2.37. The van der Waals surface area contributed by atoms with E-state index < -0.39 is 11.5 Å². The summed E-state index contributed by atoms with van der Waals surface area (Å²) in [6.45, 7) is 1.73. The Bertz CT molecular complexity index is 714. The lowest BCUT2D eigenvalue weighted by Gasteiger charge is -2.29. The monoisotopic (exact) mass is 309 g/mol. The van der Waals surface area contributed by atoms with Crippen LogP contribution in [0.4, 0.5) is 5.69 Å². The average molecular weight is 309 g/mol. The Hall–Kier alpha value is -2.77. The highest BCUT2D eigenvalue weighted by Crippen LogP contribution is 2.26. The molecule has 0 radical (unpaired) electrons. The van der Waals surface area contributed by atoms with Gasteiger partial charge < -0.3 is 15.2 Å². The summed E-state index contributed by atoms with van der Waals surface area (Å²) in [6.07, 6.45) is 5.69. The molecule has 0 unspecified atom stereocenters. The summed E-state index contributed by atoms with van der Waals surface area (Å²) in [7, 11) is 1.33. The smallest absolute Gasteiger partial charge is 0.337 e. The summed E-state index contributed by atoms with van der Waals surface area (Å²) in [5.74, 6) is 2.24. The third-order valence-corrected chi connectivity index (χ3v) is 3.69. The highest BCUT2D eigenvalue weighted by Gasteiger charge is 2.29. The summed E-state index contributed by atoms with van der Waals surface area (Å²) in [4.78, 5) is 11.5. The predicted octanol–water partition coefficient (Wildman–Crippen LogP) is 2.71. The first-order valence-corrected chi connectivity index (χ1v) is 7.17. The molecule has 0 saturated heterocycles. The van der Waals surface area contributed by atoms with Crippen molar-refractivity contribution >= 4 is 11.7 Å². The molecule has 4 heteroatoms. The lowest BCUT2D eigenvalue weighted by molar-refractivity contribution is 0.0601. The zero-order chi connectivity index (χ0) is 16.9. The highest BCUT2D eigenvalue weighted by molar-refractivity contribution is 5.89. The third kappa shape index (κ3) is 3.53. The number of benzene rings is 2. The van der Waals surface area contributed by atoms with Crippen molar-refractivity contribution in [3.8, 4) is 12.3 Å². The molecule has 2 N–H and O–H groups in total. The molecule has 0 amide bonds. The number of carbonyl (C=O) groups excluding carboxylic acids is 1. The Labute approximate surface area is 136 Å². The van der Waals surface area contributed by atoms with E-state index in [0.717, 1.165) is 11.1 Å². The SMILES string of the molecule is C#C[C@@](CO)(Nc1ccc(C(=O)OC)cc1)c1ccc(C)cc1. The van der Waals surface area contributed by atoms with Gasteiger partial charge in [-0.1, -0.05) is 35.7 Å². The fourth-order valence-corrected chi connectivity index (χ4v) is 2.26. The minimum atomic E-state index is -1.03. The van der Waals surface area contributed by atoms with Gasteiger partial charge in [-0.3, -0.25) is 0 Å². The lowest BCUT2D eigenvalue weighted by atomic mass is 9.90. The van der Waals surface area contributed by atoms with Gasteiger partial charge in [0, 0.05) is 5.69 Å². The molecule has 0 fully saturated rings. The summed E-state index contributed by atoms with van der Waals surface area (Å²) >= 11 is 0. The molecule has 0 aliphatic carbocycles. The number of aliphatic hydroxyl groups excluding tert-OH is 1. The summed E-state index contributed by atoms with van der Waals surface area (Å²) in [6, 6.07) is 14.4. The van der Waals surface area contributed by atoms with Crippen LogP contribution in [0.15, 0.2) is 48.5 Å². The molecule has 0 saturated carbocycles. The van der Waals surface area contributed by atoms with Crippen LogP contribution in [0.25, 0.3) is 0 Å². The number of anilines is 1. The molecule has 4 nitrogen and oxygen atoms in total. The summed E-state index contributed by atoms with van der Waals surface area (Å²) < 4.78 is 4.67. The Balaban J connectivity index is 2.31. The van der Waals surface area contributed by atoms with Crippen molar-refractivity contribution in [2.24, 2.45) is 0 Å². The van der Waals surface area contributed by atoms with Gasteiger partial charge in [0.05, 0.1) is 19.3 Å². The molecule has 2 rings (SSSR count). The molecule has 23 heavy (non-hydrogen) atoms. The Kier molecular flexibility index (Phi) is 5.05. The molecule has 0 aliphatic rings. The fraction of sp³-hybridized carbons (Fsp3) is 0.211. The second-order valence-corrected chi connectivity index (χ2v) is 5.27. The van der Waals surface area contributed by atoms with Gasteiger partial charge in [0.1, 0.15) is 5.54 Å². The largest absolute Gasteiger partial charge is 0.465 e. The van der Waals surface area contributed by atoms with Gasteiger partial charge in [-0.05, 0) is 36.8 Å². The van der Waals surface area contributed by atoms with Crippen molar-refractivity contribution in [1.29, 1.82) is 0 Å². The molecule has 118 valence electrons. The molecule has 1 atom stereocenters.